The Balaban J connectivity index is 0. The average Bonchev–Trinajstić information content (AvgIpc) is 3.12. The topological polar surface area (TPSA) is 80.2 Å². The van der Waals surface area contributed by atoms with Crippen molar-refractivity contribution >= 4 is 12.6 Å². The van der Waals surface area contributed by atoms with E-state index in [0.717, 1.165) is 63.6 Å². The van der Waals surface area contributed by atoms with Crippen LogP contribution in [0.3, 0.4) is 0 Å². The molecular formula is C41H77N5SZn-2. The van der Waals surface area contributed by atoms with Crippen LogP contribution in [0.4, 0.5) is 0 Å². The quantitative estimate of drug-likeness (QED) is 0.0728. The Bertz CT molecular complexity index is 666. The molecule has 3 fully saturated rings. The molecule has 0 radical (unpaired) electrons. The van der Waals surface area contributed by atoms with Gasteiger partial charge in [0, 0.05) is 0 Å². The first-order chi connectivity index (χ1) is 23.1. The third kappa shape index (κ3) is 34.1. The molecule has 0 aromatic carbocycles. The van der Waals surface area contributed by atoms with E-state index in [9.17, 15) is 0 Å². The fraction of sp³-hybridized carbons (Fsp3) is 0.878. The standard InChI is InChI=1S/3C10H20N.C10H16N.CHNS.Zn/c4*1-2-3-4-5-10-6-8-11-9-7-10;2-1-3;/h3*10H,2-9H2,1H3;6-8H,2-5,9H2,1H3;3H;/q4*-1;;+2. The van der Waals surface area contributed by atoms with Gasteiger partial charge in [-0.25, -0.2) is 0 Å². The summed E-state index contributed by atoms with van der Waals surface area (Å²) in [5.74, 6) is 3.04. The van der Waals surface area contributed by atoms with Crippen LogP contribution in [-0.2, 0) is 19.5 Å². The van der Waals surface area contributed by atoms with Crippen LogP contribution in [0, 0.1) is 28.4 Å². The Hall–Kier alpha value is -0.377. The molecule has 0 aromatic rings. The van der Waals surface area contributed by atoms with Crippen LogP contribution in [0.25, 0.3) is 21.3 Å². The van der Waals surface area contributed by atoms with Gasteiger partial charge in [0.05, 0.1) is 0 Å². The van der Waals surface area contributed by atoms with Crippen molar-refractivity contribution in [3.05, 3.63) is 45.2 Å². The van der Waals surface area contributed by atoms with Gasteiger partial charge in [0.2, 0.25) is 0 Å². The summed E-state index contributed by atoms with van der Waals surface area (Å²) in [4.78, 5) is 0. The number of thiocyanates is 1. The molecule has 0 amide bonds. The van der Waals surface area contributed by atoms with Gasteiger partial charge in [0.1, 0.15) is 5.40 Å². The largest absolute Gasteiger partial charge is 2.00 e. The number of unbranched alkanes of at least 4 members (excludes halogenated alkanes) is 8. The van der Waals surface area contributed by atoms with Crippen molar-refractivity contribution in [1.29, 1.82) is 5.26 Å². The number of allylic oxidation sites excluding steroid dienone is 2. The fourth-order valence-corrected chi connectivity index (χ4v) is 6.54. The smallest absolute Gasteiger partial charge is 0.687 e. The van der Waals surface area contributed by atoms with E-state index in [1.807, 2.05) is 6.20 Å². The molecule has 7 heteroatoms. The van der Waals surface area contributed by atoms with Gasteiger partial charge >= 0.3 is 19.5 Å². The summed E-state index contributed by atoms with van der Waals surface area (Å²) in [6, 6.07) is 0. The minimum atomic E-state index is 0. The molecule has 48 heavy (non-hydrogen) atoms. The van der Waals surface area contributed by atoms with Gasteiger partial charge in [-0.2, -0.15) is 11.5 Å². The van der Waals surface area contributed by atoms with Crippen molar-refractivity contribution in [3.8, 4) is 5.40 Å². The minimum Gasteiger partial charge on any atom is -0.687 e. The van der Waals surface area contributed by atoms with Crippen molar-refractivity contribution in [2.24, 2.45) is 17.8 Å². The van der Waals surface area contributed by atoms with Crippen LogP contribution in [0.15, 0.2) is 23.9 Å². The summed E-state index contributed by atoms with van der Waals surface area (Å²) in [6.45, 7) is 16.8. The second-order valence-electron chi connectivity index (χ2n) is 13.8. The third-order valence-electron chi connectivity index (χ3n) is 9.74. The maximum Gasteiger partial charge on any atom is 2.00 e. The monoisotopic (exact) mass is 736 g/mol. The van der Waals surface area contributed by atoms with E-state index in [1.165, 1.54) is 152 Å². The van der Waals surface area contributed by atoms with E-state index >= 15 is 0 Å². The van der Waals surface area contributed by atoms with Gasteiger partial charge in [-0.05, 0) is 30.6 Å². The van der Waals surface area contributed by atoms with Gasteiger partial charge in [0.25, 0.3) is 0 Å². The summed E-state index contributed by atoms with van der Waals surface area (Å²) in [5.41, 5.74) is 1.47. The minimum absolute atomic E-state index is 0. The van der Waals surface area contributed by atoms with Crippen LogP contribution < -0.4 is 0 Å². The first kappa shape index (κ1) is 49.7. The second kappa shape index (κ2) is 41.0. The number of thiol groups is 1. The second-order valence-corrected chi connectivity index (χ2v) is 14.0. The Morgan fingerprint density at radius 2 is 0.938 bits per heavy atom. The Kier molecular flexibility index (Phi) is 42.5. The van der Waals surface area contributed by atoms with Crippen molar-refractivity contribution < 1.29 is 19.5 Å². The molecule has 0 aliphatic carbocycles. The van der Waals surface area contributed by atoms with Gasteiger partial charge in [0.15, 0.2) is 0 Å². The first-order valence-corrected chi connectivity index (χ1v) is 20.5. The van der Waals surface area contributed by atoms with Crippen LogP contribution in [0.5, 0.6) is 0 Å². The maximum absolute atomic E-state index is 7.18. The van der Waals surface area contributed by atoms with Gasteiger partial charge in [-0.3, -0.25) is 0 Å². The summed E-state index contributed by atoms with van der Waals surface area (Å²) < 4.78 is 0. The van der Waals surface area contributed by atoms with E-state index < -0.39 is 0 Å². The van der Waals surface area contributed by atoms with Gasteiger partial charge in [-0.15, -0.1) is 45.8 Å². The molecule has 4 aliphatic rings. The van der Waals surface area contributed by atoms with E-state index in [-0.39, 0.29) is 19.5 Å². The molecule has 3 saturated heterocycles. The SMILES string of the molecule is CCCCCC1=CC[N-]C=C1.CCCCCC1CC[N-]CC1.CCCCCC1CC[N-]CC1.CCCCCC1CC[N-]CC1.N#CS.[Zn+2]. The van der Waals surface area contributed by atoms with E-state index in [2.05, 4.69) is 73.7 Å². The number of nitrogens with zero attached hydrogens (tertiary/aromatic N) is 5. The molecule has 0 unspecified atom stereocenters. The molecular weight excluding hydrogens is 660 g/mol. The summed E-state index contributed by atoms with van der Waals surface area (Å²) >= 11 is 3.09. The van der Waals surface area contributed by atoms with Crippen molar-refractivity contribution in [3.63, 3.8) is 0 Å². The Morgan fingerprint density at radius 1 is 0.604 bits per heavy atom. The molecule has 4 aliphatic heterocycles. The predicted octanol–water partition coefficient (Wildman–Crippen LogP) is 13.8. The van der Waals surface area contributed by atoms with Crippen molar-refractivity contribution in [2.45, 2.75) is 169 Å². The molecule has 0 aromatic heterocycles. The molecule has 276 valence electrons. The maximum atomic E-state index is 7.18. The molecule has 0 N–H and O–H groups in total. The van der Waals surface area contributed by atoms with Crippen molar-refractivity contribution in [1.82, 2.24) is 0 Å². The summed E-state index contributed by atoms with van der Waals surface area (Å²) in [7, 11) is 0. The molecule has 5 nitrogen and oxygen atoms in total. The molecule has 0 saturated carbocycles. The summed E-state index contributed by atoms with van der Waals surface area (Å²) in [5, 5.41) is 25.8. The number of nitriles is 1. The van der Waals surface area contributed by atoms with Crippen LogP contribution in [-0.4, -0.2) is 45.8 Å². The van der Waals surface area contributed by atoms with Crippen LogP contribution >= 0.6 is 12.6 Å². The Morgan fingerprint density at radius 3 is 1.23 bits per heavy atom. The number of piperidine rings is 3. The zero-order valence-corrected chi connectivity index (χ0v) is 36.2. The van der Waals surface area contributed by atoms with Crippen molar-refractivity contribution in [2.75, 3.05) is 45.8 Å². The normalized spacial score (nSPS) is 17.9. The third-order valence-corrected chi connectivity index (χ3v) is 9.74. The molecule has 0 atom stereocenters. The predicted molar refractivity (Wildman–Crippen MR) is 214 cm³/mol. The van der Waals surface area contributed by atoms with Crippen LogP contribution in [0.1, 0.15) is 169 Å². The summed E-state index contributed by atoms with van der Waals surface area (Å²) in [6.07, 6.45) is 36.7. The van der Waals surface area contributed by atoms with E-state index in [0.29, 0.717) is 0 Å². The van der Waals surface area contributed by atoms with Gasteiger partial charge in [-0.1, -0.05) is 186 Å². The molecule has 0 bridgehead atoms. The van der Waals surface area contributed by atoms with Gasteiger partial charge < -0.3 is 21.3 Å². The van der Waals surface area contributed by atoms with E-state index in [4.69, 9.17) is 5.26 Å². The average molecular weight is 738 g/mol. The van der Waals surface area contributed by atoms with Crippen LogP contribution in [0.2, 0.25) is 0 Å². The number of rotatable bonds is 16. The fourth-order valence-electron chi connectivity index (χ4n) is 6.54. The number of hydrogen-bond donors (Lipinski definition) is 1. The van der Waals surface area contributed by atoms with E-state index in [1.54, 1.807) is 0 Å². The first-order valence-electron chi connectivity index (χ1n) is 20.1. The Labute approximate surface area is 319 Å². The molecule has 4 rings (SSSR count). The molecule has 0 spiro atoms. The number of hydrogen-bond acceptors (Lipinski definition) is 2. The zero-order valence-electron chi connectivity index (χ0n) is 32.4. The molecule has 4 heterocycles. The zero-order chi connectivity index (χ0) is 34.5.